The molecule has 0 amide bonds. The van der Waals surface area contributed by atoms with Gasteiger partial charge >= 0.3 is 41.5 Å². The normalized spacial score (nSPS) is 13.1. The van der Waals surface area contributed by atoms with Crippen molar-refractivity contribution in [1.82, 2.24) is 5.32 Å². The van der Waals surface area contributed by atoms with Crippen LogP contribution in [-0.4, -0.2) is 41.6 Å². The Balaban J connectivity index is -0.000000706. The van der Waals surface area contributed by atoms with Crippen LogP contribution in [0.1, 0.15) is 85.4 Å². The molecule has 6 nitrogen and oxygen atoms in total. The number of hydrogen-bond acceptors (Lipinski definition) is 4. The first-order valence-corrected chi connectivity index (χ1v) is 9.74. The number of rotatable bonds is 14. The zero-order chi connectivity index (χ0) is 18.8. The van der Waals surface area contributed by atoms with Gasteiger partial charge in [0.25, 0.3) is 0 Å². The molecule has 7 heteroatoms. The summed E-state index contributed by atoms with van der Waals surface area (Å²) < 4.78 is 0. The summed E-state index contributed by atoms with van der Waals surface area (Å²) in [6, 6.07) is 0. The smallest absolute Gasteiger partial charge is 1.00 e. The fourth-order valence-electron chi connectivity index (χ4n) is 2.72. The Morgan fingerprint density at radius 2 is 1.58 bits per heavy atom. The molecular weight excluding hydrogens is 343 g/mol. The van der Waals surface area contributed by atoms with E-state index in [4.69, 9.17) is 10.2 Å². The van der Waals surface area contributed by atoms with Gasteiger partial charge in [0.05, 0.1) is 25.2 Å². The average molecular weight is 381 g/mol. The zero-order valence-electron chi connectivity index (χ0n) is 17.7. The number of carbonyl (C=O) groups is 2. The van der Waals surface area contributed by atoms with Crippen LogP contribution < -0.4 is 34.9 Å². The Morgan fingerprint density at radius 1 is 1.04 bits per heavy atom. The Labute approximate surface area is 182 Å². The summed E-state index contributed by atoms with van der Waals surface area (Å²) in [6.07, 6.45) is 14.0. The fourth-order valence-corrected chi connectivity index (χ4v) is 2.72. The second kappa shape index (κ2) is 20.7. The number of nitrogens with zero attached hydrogens (tertiary/aromatic N) is 1. The van der Waals surface area contributed by atoms with E-state index in [1.54, 1.807) is 6.34 Å². The second-order valence-corrected chi connectivity index (χ2v) is 6.59. The molecule has 1 aliphatic rings. The van der Waals surface area contributed by atoms with Crippen LogP contribution in [-0.2, 0) is 9.59 Å². The monoisotopic (exact) mass is 380 g/mol. The second-order valence-electron chi connectivity index (χ2n) is 6.59. The third kappa shape index (κ3) is 19.7. The maximum Gasteiger partial charge on any atom is 1.00 e. The van der Waals surface area contributed by atoms with Gasteiger partial charge in [-0.05, 0) is 6.42 Å². The predicted octanol–water partition coefficient (Wildman–Crippen LogP) is 1.21. The number of hydrogen-bond donors (Lipinski definition) is 3. The minimum absolute atomic E-state index is 0. The predicted molar refractivity (Wildman–Crippen MR) is 102 cm³/mol. The van der Waals surface area contributed by atoms with E-state index < -0.39 is 17.9 Å². The van der Waals surface area contributed by atoms with Gasteiger partial charge in [0.15, 0.2) is 0 Å². The summed E-state index contributed by atoms with van der Waals surface area (Å²) in [4.78, 5) is 25.2. The van der Waals surface area contributed by atoms with Crippen LogP contribution in [0.5, 0.6) is 0 Å². The third-order valence-electron chi connectivity index (χ3n) is 4.24. The van der Waals surface area contributed by atoms with Crippen molar-refractivity contribution in [3.63, 3.8) is 0 Å². The van der Waals surface area contributed by atoms with Crippen LogP contribution in [0.3, 0.4) is 0 Å². The van der Waals surface area contributed by atoms with Gasteiger partial charge in [0.2, 0.25) is 0 Å². The first-order valence-electron chi connectivity index (χ1n) is 9.74. The Hall–Kier alpha value is -0.590. The summed E-state index contributed by atoms with van der Waals surface area (Å²) in [5.41, 5.74) is 0. The van der Waals surface area contributed by atoms with Crippen molar-refractivity contribution < 1.29 is 50.8 Å². The molecule has 0 saturated carbocycles. The average Bonchev–Trinajstić information content (AvgIpc) is 3.14. The van der Waals surface area contributed by atoms with E-state index in [0.717, 1.165) is 32.4 Å². The summed E-state index contributed by atoms with van der Waals surface area (Å²) >= 11 is 0. The van der Waals surface area contributed by atoms with E-state index >= 15 is 0 Å². The van der Waals surface area contributed by atoms with Crippen LogP contribution in [0.25, 0.3) is 0 Å². The number of unbranched alkanes of at least 4 members (excludes halogenated alkanes) is 9. The van der Waals surface area contributed by atoms with Crippen LogP contribution in [0, 0.1) is 5.92 Å². The molecule has 1 rings (SSSR count). The number of aliphatic carboxylic acids is 2. The van der Waals surface area contributed by atoms with E-state index in [-0.39, 0.29) is 37.4 Å². The zero-order valence-corrected chi connectivity index (χ0v) is 18.7. The van der Waals surface area contributed by atoms with E-state index in [0.29, 0.717) is 6.42 Å². The molecule has 0 bridgehead atoms. The largest absolute Gasteiger partial charge is 1.00 e. The van der Waals surface area contributed by atoms with Crippen molar-refractivity contribution in [2.24, 2.45) is 10.9 Å². The summed E-state index contributed by atoms with van der Waals surface area (Å²) in [7, 11) is 0. The van der Waals surface area contributed by atoms with Crippen molar-refractivity contribution in [3.8, 4) is 0 Å². The number of carboxylic acid groups (broad SMARTS) is 2. The maximum atomic E-state index is 10.9. The van der Waals surface area contributed by atoms with Gasteiger partial charge < -0.3 is 17.0 Å². The number of nitrogens with one attached hydrogen (secondary N) is 1. The van der Waals surface area contributed by atoms with Crippen molar-refractivity contribution in [1.29, 1.82) is 0 Å². The van der Waals surface area contributed by atoms with Gasteiger partial charge in [-0.3, -0.25) is 14.6 Å². The van der Waals surface area contributed by atoms with E-state index in [2.05, 4.69) is 17.2 Å². The molecule has 0 spiro atoms. The van der Waals surface area contributed by atoms with E-state index in [9.17, 15) is 9.59 Å². The van der Waals surface area contributed by atoms with Crippen molar-refractivity contribution in [3.05, 3.63) is 0 Å². The molecule has 26 heavy (non-hydrogen) atoms. The molecule has 0 aliphatic carbocycles. The van der Waals surface area contributed by atoms with Crippen LogP contribution in [0.4, 0.5) is 0 Å². The molecule has 3 N–H and O–H groups in total. The van der Waals surface area contributed by atoms with Crippen LogP contribution in [0.2, 0.25) is 0 Å². The van der Waals surface area contributed by atoms with Gasteiger partial charge in [-0.25, -0.2) is 0 Å². The minimum Gasteiger partial charge on any atom is -1.00 e. The van der Waals surface area contributed by atoms with Crippen molar-refractivity contribution in [2.75, 3.05) is 13.1 Å². The van der Waals surface area contributed by atoms with Gasteiger partial charge in [0, 0.05) is 6.54 Å². The van der Waals surface area contributed by atoms with E-state index in [1.165, 1.54) is 44.9 Å². The van der Waals surface area contributed by atoms with Crippen LogP contribution in [0.15, 0.2) is 4.99 Å². The molecular formula is C19H37N2NaO4. The molecule has 1 atom stereocenters. The van der Waals surface area contributed by atoms with Gasteiger partial charge in [-0.1, -0.05) is 71.1 Å². The fraction of sp³-hybridized carbons (Fsp3) is 0.842. The quantitative estimate of drug-likeness (QED) is 0.311. The van der Waals surface area contributed by atoms with Gasteiger partial charge in [0.1, 0.15) is 0 Å². The molecule has 0 aromatic heterocycles. The Bertz CT molecular complexity index is 379. The molecule has 0 aromatic carbocycles. The van der Waals surface area contributed by atoms with Gasteiger partial charge in [-0.2, -0.15) is 0 Å². The number of carboxylic acids is 2. The standard InChI is InChI=1S/C16H30O4.C3H6N2.Na.H/c1-2-3-4-5-6-7-8-9-10-11-12-14(16(19)20)13-15(17)18;1-2-5-3-4-1;;/h14H,2-13H2,1H3,(H,17,18)(H,19,20);3H,1-2H2,(H,4,5);;/q;;+1;-1. The SMILES string of the molecule is C1=NCCN1.CCCCCCCCCCCCC(CC(=O)O)C(=O)O.[H-].[Na+]. The third-order valence-corrected chi connectivity index (χ3v) is 4.24. The Kier molecular flexibility index (Phi) is 22.0. The maximum absolute atomic E-state index is 10.9. The summed E-state index contributed by atoms with van der Waals surface area (Å²) in [5, 5.41) is 20.5. The molecule has 0 fully saturated rings. The van der Waals surface area contributed by atoms with Crippen molar-refractivity contribution in [2.45, 2.75) is 84.0 Å². The molecule has 0 radical (unpaired) electrons. The topological polar surface area (TPSA) is 99.0 Å². The first-order chi connectivity index (χ1) is 12.1. The molecule has 1 unspecified atom stereocenters. The van der Waals surface area contributed by atoms with Crippen molar-refractivity contribution >= 4 is 18.3 Å². The van der Waals surface area contributed by atoms with Gasteiger partial charge in [-0.15, -0.1) is 0 Å². The molecule has 0 saturated heterocycles. The molecule has 1 aliphatic heterocycles. The number of aliphatic imine (C=N–C) groups is 1. The molecule has 0 aromatic rings. The molecule has 148 valence electrons. The van der Waals surface area contributed by atoms with E-state index in [1.807, 2.05) is 0 Å². The first kappa shape index (κ1) is 27.6. The minimum atomic E-state index is -1.02. The summed E-state index contributed by atoms with van der Waals surface area (Å²) in [5.74, 6) is -2.73. The Morgan fingerprint density at radius 3 is 1.92 bits per heavy atom. The molecule has 1 heterocycles. The van der Waals surface area contributed by atoms with Crippen LogP contribution >= 0.6 is 0 Å². The summed E-state index contributed by atoms with van der Waals surface area (Å²) in [6.45, 7) is 4.20.